The second-order valence-corrected chi connectivity index (χ2v) is 7.71. The fourth-order valence-corrected chi connectivity index (χ4v) is 3.77. The van der Waals surface area contributed by atoms with Crippen molar-refractivity contribution in [3.05, 3.63) is 30.1 Å². The smallest absolute Gasteiger partial charge is 0.130 e. The Bertz CT molecular complexity index is 799. The number of anilines is 1. The van der Waals surface area contributed by atoms with Crippen LogP contribution in [0.3, 0.4) is 0 Å². The standard InChI is InChI=1S/C18H23N5OS/c1-12(2)25-15-11-16(23-7-9-24-10-8-23)22-17-13(15)4-6-21-18(17)14(20)3-5-19/h3-6,11-12,19H,7-10,20H2,1-2H3/b14-3-,19-5?. The molecule has 2 aromatic rings. The molecule has 0 saturated carbocycles. The van der Waals surface area contributed by atoms with Crippen LogP contribution >= 0.6 is 11.8 Å². The molecule has 0 spiro atoms. The van der Waals surface area contributed by atoms with Crippen LogP contribution in [0.2, 0.25) is 0 Å². The van der Waals surface area contributed by atoms with Gasteiger partial charge in [-0.15, -0.1) is 11.8 Å². The number of aromatic nitrogens is 2. The monoisotopic (exact) mass is 357 g/mol. The van der Waals surface area contributed by atoms with Crippen LogP contribution in [0.5, 0.6) is 0 Å². The number of fused-ring (bicyclic) bond motifs is 1. The van der Waals surface area contributed by atoms with Crippen molar-refractivity contribution in [1.82, 2.24) is 9.97 Å². The number of nitrogens with zero attached hydrogens (tertiary/aromatic N) is 3. The number of allylic oxidation sites excluding steroid dienone is 1. The van der Waals surface area contributed by atoms with Gasteiger partial charge in [0, 0.05) is 41.0 Å². The lowest BCUT2D eigenvalue weighted by Crippen LogP contribution is -2.36. The number of hydrogen-bond donors (Lipinski definition) is 2. The van der Waals surface area contributed by atoms with Gasteiger partial charge in [0.25, 0.3) is 0 Å². The van der Waals surface area contributed by atoms with Gasteiger partial charge in [-0.25, -0.2) is 4.98 Å². The van der Waals surface area contributed by atoms with Gasteiger partial charge in [-0.1, -0.05) is 13.8 Å². The molecule has 7 heteroatoms. The Labute approximate surface area is 152 Å². The Morgan fingerprint density at radius 2 is 2.16 bits per heavy atom. The van der Waals surface area contributed by atoms with Crippen LogP contribution in [-0.2, 0) is 4.74 Å². The summed E-state index contributed by atoms with van der Waals surface area (Å²) in [5, 5.41) is 8.77. The summed E-state index contributed by atoms with van der Waals surface area (Å²) in [6, 6.07) is 4.13. The second kappa shape index (κ2) is 7.84. The van der Waals surface area contributed by atoms with Gasteiger partial charge in [0.1, 0.15) is 17.0 Å². The highest BCUT2D eigenvalue weighted by Crippen LogP contribution is 2.34. The fourth-order valence-electron chi connectivity index (χ4n) is 2.79. The third kappa shape index (κ3) is 3.93. The molecule has 1 fully saturated rings. The van der Waals surface area contributed by atoms with Gasteiger partial charge in [-0.05, 0) is 18.2 Å². The maximum absolute atomic E-state index is 7.27. The van der Waals surface area contributed by atoms with Gasteiger partial charge in [-0.2, -0.15) is 0 Å². The molecule has 0 aromatic carbocycles. The summed E-state index contributed by atoms with van der Waals surface area (Å²) in [6.07, 6.45) is 4.47. The lowest BCUT2D eigenvalue weighted by atomic mass is 10.1. The molecule has 132 valence electrons. The summed E-state index contributed by atoms with van der Waals surface area (Å²) in [7, 11) is 0. The van der Waals surface area contributed by atoms with E-state index in [-0.39, 0.29) is 0 Å². The van der Waals surface area contributed by atoms with E-state index in [9.17, 15) is 0 Å². The zero-order valence-electron chi connectivity index (χ0n) is 14.5. The van der Waals surface area contributed by atoms with Gasteiger partial charge >= 0.3 is 0 Å². The maximum atomic E-state index is 7.27. The SMILES string of the molecule is CC(C)Sc1cc(N2CCOCC2)nc2c(/C(N)=C/C=N)nccc12. The van der Waals surface area contributed by atoms with Gasteiger partial charge < -0.3 is 20.8 Å². The van der Waals surface area contributed by atoms with Crippen LogP contribution in [-0.4, -0.2) is 47.7 Å². The molecule has 2 aromatic heterocycles. The highest BCUT2D eigenvalue weighted by molar-refractivity contribution is 8.00. The Balaban J connectivity index is 2.19. The summed E-state index contributed by atoms with van der Waals surface area (Å²) in [6.45, 7) is 7.43. The van der Waals surface area contributed by atoms with Crippen molar-refractivity contribution in [1.29, 1.82) is 5.41 Å². The largest absolute Gasteiger partial charge is 0.397 e. The number of nitrogens with two attached hydrogens (primary N) is 1. The highest BCUT2D eigenvalue weighted by atomic mass is 32.2. The quantitative estimate of drug-likeness (QED) is 0.632. The number of rotatable bonds is 5. The number of nitrogens with one attached hydrogen (secondary N) is 1. The first kappa shape index (κ1) is 17.7. The molecule has 0 bridgehead atoms. The lowest BCUT2D eigenvalue weighted by molar-refractivity contribution is 0.122. The average molecular weight is 357 g/mol. The van der Waals surface area contributed by atoms with Crippen molar-refractivity contribution >= 4 is 40.4 Å². The first-order valence-corrected chi connectivity index (χ1v) is 9.24. The van der Waals surface area contributed by atoms with Gasteiger partial charge in [-0.3, -0.25) is 4.98 Å². The normalized spacial score (nSPS) is 15.8. The van der Waals surface area contributed by atoms with Gasteiger partial charge in [0.2, 0.25) is 0 Å². The van der Waals surface area contributed by atoms with E-state index in [1.54, 1.807) is 12.3 Å². The third-order valence-electron chi connectivity index (χ3n) is 3.91. The number of morpholine rings is 1. The minimum absolute atomic E-state index is 0.452. The third-order valence-corrected chi connectivity index (χ3v) is 4.97. The van der Waals surface area contributed by atoms with Crippen molar-refractivity contribution in [2.75, 3.05) is 31.2 Å². The molecule has 3 heterocycles. The fraction of sp³-hybridized carbons (Fsp3) is 0.389. The van der Waals surface area contributed by atoms with Gasteiger partial charge in [0.05, 0.1) is 18.9 Å². The minimum atomic E-state index is 0.452. The molecule has 1 saturated heterocycles. The molecule has 0 unspecified atom stereocenters. The predicted molar refractivity (Wildman–Crippen MR) is 105 cm³/mol. The molecule has 1 aliphatic heterocycles. The number of hydrogen-bond acceptors (Lipinski definition) is 7. The molecule has 0 aliphatic carbocycles. The predicted octanol–water partition coefficient (Wildman–Crippen LogP) is 2.92. The van der Waals surface area contributed by atoms with Crippen LogP contribution in [0.15, 0.2) is 29.3 Å². The zero-order valence-corrected chi connectivity index (χ0v) is 15.3. The Kier molecular flexibility index (Phi) is 5.55. The molecule has 0 amide bonds. The molecule has 1 aliphatic rings. The molecule has 3 N–H and O–H groups in total. The second-order valence-electron chi connectivity index (χ2n) is 6.09. The molecule has 25 heavy (non-hydrogen) atoms. The number of pyridine rings is 2. The van der Waals surface area contributed by atoms with Crippen molar-refractivity contribution in [3.8, 4) is 0 Å². The number of thioether (sulfide) groups is 1. The van der Waals surface area contributed by atoms with Crippen molar-refractivity contribution in [2.24, 2.45) is 5.73 Å². The van der Waals surface area contributed by atoms with E-state index < -0.39 is 0 Å². The topological polar surface area (TPSA) is 88.1 Å². The van der Waals surface area contributed by atoms with E-state index in [2.05, 4.69) is 29.8 Å². The van der Waals surface area contributed by atoms with Crippen molar-refractivity contribution < 1.29 is 4.74 Å². The average Bonchev–Trinajstić information content (AvgIpc) is 2.61. The van der Waals surface area contributed by atoms with E-state index in [4.69, 9.17) is 20.9 Å². The van der Waals surface area contributed by atoms with Crippen molar-refractivity contribution in [2.45, 2.75) is 24.0 Å². The summed E-state index contributed by atoms with van der Waals surface area (Å²) < 4.78 is 5.46. The Hall–Kier alpha value is -2.12. The molecule has 0 atom stereocenters. The van der Waals surface area contributed by atoms with Crippen LogP contribution < -0.4 is 10.6 Å². The summed E-state index contributed by atoms with van der Waals surface area (Å²) in [5.74, 6) is 0.927. The molecule has 0 radical (unpaired) electrons. The van der Waals surface area contributed by atoms with Crippen LogP contribution in [0.1, 0.15) is 19.5 Å². The van der Waals surface area contributed by atoms with E-state index in [0.717, 1.165) is 29.8 Å². The highest BCUT2D eigenvalue weighted by Gasteiger charge is 2.18. The van der Waals surface area contributed by atoms with E-state index >= 15 is 0 Å². The van der Waals surface area contributed by atoms with E-state index in [0.29, 0.717) is 29.9 Å². The molecular formula is C18H23N5OS. The minimum Gasteiger partial charge on any atom is -0.397 e. The molecule has 6 nitrogen and oxygen atoms in total. The maximum Gasteiger partial charge on any atom is 0.130 e. The molecular weight excluding hydrogens is 334 g/mol. The van der Waals surface area contributed by atoms with Crippen LogP contribution in [0.4, 0.5) is 5.82 Å². The number of ether oxygens (including phenoxy) is 1. The van der Waals surface area contributed by atoms with Crippen LogP contribution in [0, 0.1) is 5.41 Å². The first-order valence-electron chi connectivity index (χ1n) is 8.36. The zero-order chi connectivity index (χ0) is 17.8. The molecule has 3 rings (SSSR count). The Morgan fingerprint density at radius 3 is 2.84 bits per heavy atom. The summed E-state index contributed by atoms with van der Waals surface area (Å²) >= 11 is 1.81. The lowest BCUT2D eigenvalue weighted by Gasteiger charge is -2.28. The summed E-state index contributed by atoms with van der Waals surface area (Å²) in [4.78, 5) is 12.7. The van der Waals surface area contributed by atoms with E-state index in [1.807, 2.05) is 17.8 Å². The van der Waals surface area contributed by atoms with E-state index in [1.165, 1.54) is 11.1 Å². The first-order chi connectivity index (χ1) is 12.1. The van der Waals surface area contributed by atoms with Crippen molar-refractivity contribution in [3.63, 3.8) is 0 Å². The van der Waals surface area contributed by atoms with Gasteiger partial charge in [0.15, 0.2) is 0 Å². The van der Waals surface area contributed by atoms with Crippen LogP contribution in [0.25, 0.3) is 16.6 Å². The summed E-state index contributed by atoms with van der Waals surface area (Å²) in [5.41, 5.74) is 7.98. The Morgan fingerprint density at radius 1 is 1.40 bits per heavy atom.